The molecule has 1 aromatic carbocycles. The molecule has 5 nitrogen and oxygen atoms in total. The van der Waals surface area contributed by atoms with Crippen LogP contribution in [0.3, 0.4) is 0 Å². The number of hydrogen-bond donors (Lipinski definition) is 1. The lowest BCUT2D eigenvalue weighted by atomic mass is 10.2. The normalized spacial score (nSPS) is 13.1. The van der Waals surface area contributed by atoms with Crippen LogP contribution in [0.2, 0.25) is 0 Å². The molecule has 0 radical (unpaired) electrons. The minimum absolute atomic E-state index is 0.107. The first-order chi connectivity index (χ1) is 9.93. The number of nitrogens with zero attached hydrogens (tertiary/aromatic N) is 2. The second-order valence-corrected chi connectivity index (χ2v) is 6.18. The number of para-hydroxylation sites is 1. The van der Waals surface area contributed by atoms with E-state index in [4.69, 9.17) is 0 Å². The van der Waals surface area contributed by atoms with Gasteiger partial charge in [0.1, 0.15) is 0 Å². The van der Waals surface area contributed by atoms with E-state index in [1.807, 2.05) is 0 Å². The maximum Gasteiger partial charge on any atom is 0.341 e. The van der Waals surface area contributed by atoms with E-state index < -0.39 is 20.5 Å². The van der Waals surface area contributed by atoms with Crippen LogP contribution in [0.4, 0.5) is 14.5 Å². The Bertz CT molecular complexity index is 708. The molecule has 0 amide bonds. The summed E-state index contributed by atoms with van der Waals surface area (Å²) in [6, 6.07) is 5.16. The van der Waals surface area contributed by atoms with Crippen molar-refractivity contribution in [2.24, 2.45) is 0 Å². The van der Waals surface area contributed by atoms with Crippen molar-refractivity contribution in [3.05, 3.63) is 48.5 Å². The minimum Gasteiger partial charge on any atom is -0.376 e. The van der Waals surface area contributed by atoms with Gasteiger partial charge >= 0.3 is 5.76 Å². The van der Waals surface area contributed by atoms with Gasteiger partial charge in [-0.2, -0.15) is 8.78 Å². The number of anilines is 1. The van der Waals surface area contributed by atoms with Crippen LogP contribution >= 0.6 is 0 Å². The quantitative estimate of drug-likeness (QED) is 0.919. The monoisotopic (exact) mass is 313 g/mol. The Hall–Kier alpha value is -2.09. The summed E-state index contributed by atoms with van der Waals surface area (Å²) in [4.78, 5) is 7.55. The molecule has 1 heterocycles. The number of rotatable bonds is 5. The summed E-state index contributed by atoms with van der Waals surface area (Å²) in [5.74, 6) is -3.47. The summed E-state index contributed by atoms with van der Waals surface area (Å²) in [5, 5.41) is 2.87. The van der Waals surface area contributed by atoms with Crippen molar-refractivity contribution in [1.82, 2.24) is 9.97 Å². The molecule has 0 aliphatic heterocycles. The van der Waals surface area contributed by atoms with Gasteiger partial charge in [-0.3, -0.25) is 9.97 Å². The van der Waals surface area contributed by atoms with E-state index in [2.05, 4.69) is 15.3 Å². The van der Waals surface area contributed by atoms with Crippen LogP contribution in [0, 0.1) is 0 Å². The standard InChI is InChI=1S/C13H13F2N3O2S/c1-9(11-8-16-6-7-17-11)18-10-4-2-3-5-12(10)21(19,20)13(14)15/h2-9,13,18H,1H3. The molecule has 0 spiro atoms. The van der Waals surface area contributed by atoms with Crippen molar-refractivity contribution >= 4 is 15.5 Å². The van der Waals surface area contributed by atoms with Crippen molar-refractivity contribution in [3.8, 4) is 0 Å². The summed E-state index contributed by atoms with van der Waals surface area (Å²) < 4.78 is 48.7. The zero-order valence-electron chi connectivity index (χ0n) is 11.1. The van der Waals surface area contributed by atoms with Crippen molar-refractivity contribution < 1.29 is 17.2 Å². The van der Waals surface area contributed by atoms with Gasteiger partial charge in [0.15, 0.2) is 0 Å². The first-order valence-corrected chi connectivity index (χ1v) is 7.61. The molecule has 0 fully saturated rings. The second-order valence-electron chi connectivity index (χ2n) is 4.30. The first-order valence-electron chi connectivity index (χ1n) is 6.06. The van der Waals surface area contributed by atoms with E-state index in [9.17, 15) is 17.2 Å². The molecular formula is C13H13F2N3O2S. The number of hydrogen-bond acceptors (Lipinski definition) is 5. The molecule has 0 saturated heterocycles. The molecule has 0 saturated carbocycles. The molecule has 1 unspecified atom stereocenters. The van der Waals surface area contributed by atoms with Crippen LogP contribution in [-0.2, 0) is 9.84 Å². The molecule has 1 N–H and O–H groups in total. The van der Waals surface area contributed by atoms with E-state index in [1.165, 1.54) is 30.7 Å². The largest absolute Gasteiger partial charge is 0.376 e. The summed E-state index contributed by atoms with van der Waals surface area (Å²) in [7, 11) is -4.67. The van der Waals surface area contributed by atoms with Crippen LogP contribution in [0.5, 0.6) is 0 Å². The summed E-state index contributed by atoms with van der Waals surface area (Å²) in [6.07, 6.45) is 4.52. The molecule has 112 valence electrons. The van der Waals surface area contributed by atoms with E-state index in [-0.39, 0.29) is 11.7 Å². The first kappa shape index (κ1) is 15.3. The number of halogens is 2. The van der Waals surface area contributed by atoms with Crippen molar-refractivity contribution in [1.29, 1.82) is 0 Å². The van der Waals surface area contributed by atoms with Crippen LogP contribution in [0.25, 0.3) is 0 Å². The van der Waals surface area contributed by atoms with Gasteiger partial charge in [-0.05, 0) is 19.1 Å². The van der Waals surface area contributed by atoms with E-state index in [0.717, 1.165) is 6.07 Å². The van der Waals surface area contributed by atoms with Gasteiger partial charge in [-0.15, -0.1) is 0 Å². The fourth-order valence-corrected chi connectivity index (χ4v) is 2.67. The molecule has 2 rings (SSSR count). The summed E-state index contributed by atoms with van der Waals surface area (Å²) >= 11 is 0. The number of alkyl halides is 2. The molecule has 0 aliphatic rings. The molecule has 1 aromatic heterocycles. The number of benzene rings is 1. The topological polar surface area (TPSA) is 72.0 Å². The van der Waals surface area contributed by atoms with Gasteiger partial charge in [-0.1, -0.05) is 12.1 Å². The number of aromatic nitrogens is 2. The summed E-state index contributed by atoms with van der Waals surface area (Å²) in [6.45, 7) is 1.73. The fourth-order valence-electron chi connectivity index (χ4n) is 1.77. The van der Waals surface area contributed by atoms with Crippen molar-refractivity contribution in [3.63, 3.8) is 0 Å². The highest BCUT2D eigenvalue weighted by atomic mass is 32.2. The van der Waals surface area contributed by atoms with Gasteiger partial charge < -0.3 is 5.32 Å². The van der Waals surface area contributed by atoms with Crippen LogP contribution in [0.1, 0.15) is 18.7 Å². The Balaban J connectivity index is 2.34. The molecule has 2 aromatic rings. The van der Waals surface area contributed by atoms with E-state index in [0.29, 0.717) is 5.69 Å². The Labute approximate surface area is 121 Å². The SMILES string of the molecule is CC(Nc1ccccc1S(=O)(=O)C(F)F)c1cnccn1. The Morgan fingerprint density at radius 2 is 1.90 bits per heavy atom. The molecule has 0 aliphatic carbocycles. The predicted octanol–water partition coefficient (Wildman–Crippen LogP) is 2.65. The molecule has 0 bridgehead atoms. The zero-order valence-corrected chi connectivity index (χ0v) is 11.9. The highest BCUT2D eigenvalue weighted by Gasteiger charge is 2.29. The molecule has 21 heavy (non-hydrogen) atoms. The van der Waals surface area contributed by atoms with Crippen LogP contribution in [-0.4, -0.2) is 24.1 Å². The van der Waals surface area contributed by atoms with Gasteiger partial charge in [0.25, 0.3) is 0 Å². The maximum atomic E-state index is 12.7. The fraction of sp³-hybridized carbons (Fsp3) is 0.231. The molecular weight excluding hydrogens is 300 g/mol. The van der Waals surface area contributed by atoms with Crippen LogP contribution < -0.4 is 5.32 Å². The Morgan fingerprint density at radius 3 is 2.52 bits per heavy atom. The molecule has 8 heteroatoms. The van der Waals surface area contributed by atoms with Gasteiger partial charge in [0.2, 0.25) is 9.84 Å². The average molecular weight is 313 g/mol. The third-order valence-electron chi connectivity index (χ3n) is 2.83. The number of sulfone groups is 1. The van der Waals surface area contributed by atoms with Gasteiger partial charge in [0, 0.05) is 12.4 Å². The lowest BCUT2D eigenvalue weighted by molar-refractivity contribution is 0.235. The van der Waals surface area contributed by atoms with Crippen molar-refractivity contribution in [2.75, 3.05) is 5.32 Å². The Morgan fingerprint density at radius 1 is 1.19 bits per heavy atom. The van der Waals surface area contributed by atoms with Gasteiger partial charge in [-0.25, -0.2) is 8.42 Å². The zero-order chi connectivity index (χ0) is 15.5. The van der Waals surface area contributed by atoms with Crippen molar-refractivity contribution in [2.45, 2.75) is 23.6 Å². The highest BCUT2D eigenvalue weighted by molar-refractivity contribution is 7.91. The smallest absolute Gasteiger partial charge is 0.341 e. The third-order valence-corrected chi connectivity index (χ3v) is 4.27. The minimum atomic E-state index is -4.67. The Kier molecular flexibility index (Phi) is 4.46. The maximum absolute atomic E-state index is 12.7. The van der Waals surface area contributed by atoms with E-state index >= 15 is 0 Å². The predicted molar refractivity (Wildman–Crippen MR) is 73.7 cm³/mol. The third kappa shape index (κ3) is 3.33. The highest BCUT2D eigenvalue weighted by Crippen LogP contribution is 2.28. The molecule has 1 atom stereocenters. The van der Waals surface area contributed by atoms with E-state index in [1.54, 1.807) is 13.0 Å². The lowest BCUT2D eigenvalue weighted by Gasteiger charge is -2.17. The second kappa shape index (κ2) is 6.13. The van der Waals surface area contributed by atoms with Crippen LogP contribution in [0.15, 0.2) is 47.8 Å². The average Bonchev–Trinajstić information content (AvgIpc) is 2.48. The lowest BCUT2D eigenvalue weighted by Crippen LogP contribution is -2.16. The van der Waals surface area contributed by atoms with Gasteiger partial charge in [0.05, 0.1) is 28.5 Å². The number of nitrogens with one attached hydrogen (secondary N) is 1. The summed E-state index contributed by atoms with van der Waals surface area (Å²) in [5.41, 5.74) is 0.678.